The van der Waals surface area contributed by atoms with E-state index in [-0.39, 0.29) is 12.0 Å². The first kappa shape index (κ1) is 20.4. The van der Waals surface area contributed by atoms with E-state index in [4.69, 9.17) is 4.74 Å². The van der Waals surface area contributed by atoms with Crippen molar-refractivity contribution >= 4 is 17.2 Å². The van der Waals surface area contributed by atoms with Gasteiger partial charge >= 0.3 is 0 Å². The lowest BCUT2D eigenvalue weighted by atomic mass is 10.0. The first-order valence-corrected chi connectivity index (χ1v) is 10.7. The average Bonchev–Trinajstić information content (AvgIpc) is 3.20. The Morgan fingerprint density at radius 3 is 2.75 bits per heavy atom. The summed E-state index contributed by atoms with van der Waals surface area (Å²) in [7, 11) is 1.88. The molecule has 9 heteroatoms. The number of fused-ring (bicyclic) bond motifs is 1. The molecule has 4 heterocycles. The number of hydrogen-bond donors (Lipinski definition) is 2. The van der Waals surface area contributed by atoms with E-state index in [0.717, 1.165) is 35.3 Å². The number of anilines is 2. The zero-order valence-corrected chi connectivity index (χ0v) is 18.7. The molecule has 1 atom stereocenters. The van der Waals surface area contributed by atoms with Gasteiger partial charge in [0.25, 0.3) is 0 Å². The lowest BCUT2D eigenvalue weighted by molar-refractivity contribution is 0.0528. The summed E-state index contributed by atoms with van der Waals surface area (Å²) >= 11 is 0. The number of aryl methyl sites for hydroxylation is 3. The number of aliphatic hydroxyl groups excluding tert-OH is 1. The van der Waals surface area contributed by atoms with Crippen molar-refractivity contribution < 1.29 is 9.84 Å². The highest BCUT2D eigenvalue weighted by Crippen LogP contribution is 2.48. The van der Waals surface area contributed by atoms with Crippen LogP contribution in [-0.4, -0.2) is 47.2 Å². The molecule has 5 rings (SSSR count). The van der Waals surface area contributed by atoms with Crippen LogP contribution >= 0.6 is 0 Å². The fourth-order valence-corrected chi connectivity index (χ4v) is 3.87. The van der Waals surface area contributed by atoms with Crippen molar-refractivity contribution in [2.24, 2.45) is 12.5 Å². The first-order chi connectivity index (χ1) is 15.3. The summed E-state index contributed by atoms with van der Waals surface area (Å²) in [6.07, 6.45) is 5.21. The zero-order valence-electron chi connectivity index (χ0n) is 18.7. The van der Waals surface area contributed by atoms with Crippen LogP contribution in [0.15, 0.2) is 36.7 Å². The van der Waals surface area contributed by atoms with Gasteiger partial charge < -0.3 is 15.2 Å². The second-order valence-corrected chi connectivity index (χ2v) is 8.84. The van der Waals surface area contributed by atoms with E-state index in [0.29, 0.717) is 23.2 Å². The number of aromatic nitrogens is 6. The Labute approximate surface area is 186 Å². The molecular weight excluding hydrogens is 406 g/mol. The molecule has 1 saturated carbocycles. The molecule has 0 amide bonds. The number of pyridine rings is 1. The van der Waals surface area contributed by atoms with Gasteiger partial charge in [-0.3, -0.25) is 4.68 Å². The fourth-order valence-electron chi connectivity index (χ4n) is 3.87. The van der Waals surface area contributed by atoms with Crippen molar-refractivity contribution in [1.29, 1.82) is 0 Å². The number of rotatable bonds is 7. The largest absolute Gasteiger partial charge is 0.487 e. The minimum atomic E-state index is -0.476. The molecule has 0 spiro atoms. The standard InChI is InChI=1S/C23H27N7O2/c1-14-9-20(26-15(2)25-14)27-21-11-17-10-16(5-8-30(17)28-21)22-18(12-24-29(22)4)32-13-19(31)23(3)6-7-23/h5,8-12,19,31H,6-7,13H2,1-4H3,(H,25,26,27,28)/t19-/m1/s1. The Morgan fingerprint density at radius 2 is 2.00 bits per heavy atom. The van der Waals surface area contributed by atoms with Gasteiger partial charge in [0.05, 0.1) is 17.8 Å². The normalized spacial score (nSPS) is 15.7. The van der Waals surface area contributed by atoms with Crippen molar-refractivity contribution in [3.05, 3.63) is 48.2 Å². The van der Waals surface area contributed by atoms with Crippen LogP contribution in [0.25, 0.3) is 16.8 Å². The summed E-state index contributed by atoms with van der Waals surface area (Å²) in [6, 6.07) is 7.87. The topological polar surface area (TPSA) is 102 Å². The van der Waals surface area contributed by atoms with Crippen molar-refractivity contribution in [3.8, 4) is 17.0 Å². The van der Waals surface area contributed by atoms with Gasteiger partial charge in [-0.05, 0) is 44.2 Å². The molecule has 0 aromatic carbocycles. The van der Waals surface area contributed by atoms with E-state index in [1.165, 1.54) is 0 Å². The molecule has 4 aromatic rings. The smallest absolute Gasteiger partial charge is 0.165 e. The SMILES string of the molecule is Cc1cc(Nc2cc3cc(-c4c(OC[C@@H](O)C5(C)CC5)cnn4C)ccn3n2)nc(C)n1. The third-order valence-corrected chi connectivity index (χ3v) is 6.10. The van der Waals surface area contributed by atoms with Crippen molar-refractivity contribution in [3.63, 3.8) is 0 Å². The molecule has 0 radical (unpaired) electrons. The van der Waals surface area contributed by atoms with Gasteiger partial charge in [0, 0.05) is 36.6 Å². The van der Waals surface area contributed by atoms with Gasteiger partial charge in [0.1, 0.15) is 23.9 Å². The molecule has 1 aliphatic rings. The Balaban J connectivity index is 1.40. The third-order valence-electron chi connectivity index (χ3n) is 6.10. The third kappa shape index (κ3) is 3.91. The lowest BCUT2D eigenvalue weighted by Gasteiger charge is -2.18. The minimum Gasteiger partial charge on any atom is -0.487 e. The predicted octanol–water partition coefficient (Wildman–Crippen LogP) is 3.43. The molecule has 32 heavy (non-hydrogen) atoms. The molecule has 0 unspecified atom stereocenters. The second kappa shape index (κ2) is 7.59. The molecular formula is C23H27N7O2. The van der Waals surface area contributed by atoms with E-state index in [1.54, 1.807) is 15.4 Å². The molecule has 0 aliphatic heterocycles. The highest BCUT2D eigenvalue weighted by atomic mass is 16.5. The Hall–Kier alpha value is -3.46. The molecule has 166 valence electrons. The van der Waals surface area contributed by atoms with Crippen LogP contribution in [-0.2, 0) is 7.05 Å². The van der Waals surface area contributed by atoms with Crippen LogP contribution in [0.1, 0.15) is 31.3 Å². The van der Waals surface area contributed by atoms with E-state index >= 15 is 0 Å². The van der Waals surface area contributed by atoms with Crippen molar-refractivity contribution in [2.45, 2.75) is 39.7 Å². The molecule has 4 aromatic heterocycles. The summed E-state index contributed by atoms with van der Waals surface area (Å²) < 4.78 is 9.57. The maximum absolute atomic E-state index is 10.4. The van der Waals surface area contributed by atoms with Crippen LogP contribution in [0.3, 0.4) is 0 Å². The summed E-state index contributed by atoms with van der Waals surface area (Å²) in [5.74, 6) is 2.78. The minimum absolute atomic E-state index is 0.0109. The van der Waals surface area contributed by atoms with Gasteiger partial charge in [0.15, 0.2) is 11.6 Å². The van der Waals surface area contributed by atoms with Crippen LogP contribution in [0, 0.1) is 19.3 Å². The summed E-state index contributed by atoms with van der Waals surface area (Å²) in [4.78, 5) is 8.72. The monoisotopic (exact) mass is 433 g/mol. The Kier molecular flexibility index (Phi) is 4.85. The second-order valence-electron chi connectivity index (χ2n) is 8.84. The van der Waals surface area contributed by atoms with Gasteiger partial charge in [-0.1, -0.05) is 6.92 Å². The summed E-state index contributed by atoms with van der Waals surface area (Å²) in [5, 5.41) is 22.6. The lowest BCUT2D eigenvalue weighted by Crippen LogP contribution is -2.26. The van der Waals surface area contributed by atoms with Crippen molar-refractivity contribution in [1.82, 2.24) is 29.4 Å². The number of ether oxygens (including phenoxy) is 1. The quantitative estimate of drug-likeness (QED) is 0.460. The van der Waals surface area contributed by atoms with Crippen LogP contribution in [0.5, 0.6) is 5.75 Å². The van der Waals surface area contributed by atoms with E-state index < -0.39 is 6.10 Å². The van der Waals surface area contributed by atoms with Gasteiger partial charge in [0.2, 0.25) is 0 Å². The Morgan fingerprint density at radius 1 is 1.19 bits per heavy atom. The summed E-state index contributed by atoms with van der Waals surface area (Å²) in [5.41, 5.74) is 3.63. The molecule has 1 aliphatic carbocycles. The van der Waals surface area contributed by atoms with Gasteiger partial charge in [-0.2, -0.15) is 10.2 Å². The number of nitrogens with zero attached hydrogens (tertiary/aromatic N) is 6. The van der Waals surface area contributed by atoms with Crippen LogP contribution in [0.4, 0.5) is 11.6 Å². The number of hydrogen-bond acceptors (Lipinski definition) is 7. The van der Waals surface area contributed by atoms with E-state index in [9.17, 15) is 5.11 Å². The maximum atomic E-state index is 10.4. The molecule has 0 bridgehead atoms. The first-order valence-electron chi connectivity index (χ1n) is 10.7. The zero-order chi connectivity index (χ0) is 22.5. The molecule has 2 N–H and O–H groups in total. The maximum Gasteiger partial charge on any atom is 0.165 e. The average molecular weight is 434 g/mol. The highest BCUT2D eigenvalue weighted by Gasteiger charge is 2.44. The Bertz CT molecular complexity index is 1270. The molecule has 1 fully saturated rings. The number of aliphatic hydroxyl groups is 1. The van der Waals surface area contributed by atoms with Crippen molar-refractivity contribution in [2.75, 3.05) is 11.9 Å². The molecule has 9 nitrogen and oxygen atoms in total. The van der Waals surface area contributed by atoms with Gasteiger partial charge in [-0.15, -0.1) is 0 Å². The van der Waals surface area contributed by atoms with Gasteiger partial charge in [-0.25, -0.2) is 14.5 Å². The number of nitrogens with one attached hydrogen (secondary N) is 1. The van der Waals surface area contributed by atoms with E-state index in [2.05, 4.69) is 32.4 Å². The highest BCUT2D eigenvalue weighted by molar-refractivity contribution is 5.72. The summed E-state index contributed by atoms with van der Waals surface area (Å²) in [6.45, 7) is 6.16. The fraction of sp³-hybridized carbons (Fsp3) is 0.391. The predicted molar refractivity (Wildman–Crippen MR) is 121 cm³/mol. The van der Waals surface area contributed by atoms with E-state index in [1.807, 2.05) is 51.4 Å². The van der Waals surface area contributed by atoms with Crippen LogP contribution in [0.2, 0.25) is 0 Å². The molecule has 0 saturated heterocycles. The van der Waals surface area contributed by atoms with Crippen LogP contribution < -0.4 is 10.1 Å².